The van der Waals surface area contributed by atoms with Crippen molar-refractivity contribution < 1.29 is 4.79 Å². The number of nitrogens with zero attached hydrogens (tertiary/aromatic N) is 2. The fraction of sp³-hybridized carbons (Fsp3) is 0.467. The molecule has 0 bridgehead atoms. The van der Waals surface area contributed by atoms with E-state index in [4.69, 9.17) is 0 Å². The summed E-state index contributed by atoms with van der Waals surface area (Å²) < 4.78 is 0. The first-order valence-corrected chi connectivity index (χ1v) is 7.72. The smallest absolute Gasteiger partial charge is 0.227 e. The number of carbonyl (C=O) groups excluding carboxylic acids is 1. The van der Waals surface area contributed by atoms with Gasteiger partial charge in [0.1, 0.15) is 0 Å². The van der Waals surface area contributed by atoms with E-state index in [-0.39, 0.29) is 5.91 Å². The summed E-state index contributed by atoms with van der Waals surface area (Å²) >= 11 is 1.63. The molecule has 0 radical (unpaired) electrons. The molecule has 2 rings (SSSR count). The van der Waals surface area contributed by atoms with Crippen LogP contribution in [0.15, 0.2) is 17.5 Å². The molecule has 1 amide bonds. The molecule has 2 aromatic rings. The van der Waals surface area contributed by atoms with Gasteiger partial charge in [0, 0.05) is 24.2 Å². The highest BCUT2D eigenvalue weighted by atomic mass is 32.1. The van der Waals surface area contributed by atoms with Crippen molar-refractivity contribution in [1.29, 1.82) is 0 Å². The molecule has 0 saturated heterocycles. The van der Waals surface area contributed by atoms with Crippen LogP contribution in [0.5, 0.6) is 0 Å². The fourth-order valence-corrected chi connectivity index (χ4v) is 2.95. The second-order valence-electron chi connectivity index (χ2n) is 5.09. The molecule has 0 aliphatic rings. The number of hydrogen-bond donors (Lipinski definition) is 1. The zero-order valence-electron chi connectivity index (χ0n) is 12.3. The van der Waals surface area contributed by atoms with Crippen LogP contribution >= 0.6 is 11.3 Å². The molecule has 2 heterocycles. The zero-order valence-corrected chi connectivity index (χ0v) is 13.1. The Balaban J connectivity index is 1.77. The molecule has 0 aliphatic carbocycles. The van der Waals surface area contributed by atoms with Crippen molar-refractivity contribution in [3.05, 3.63) is 39.3 Å². The topological polar surface area (TPSA) is 49.0 Å². The Labute approximate surface area is 123 Å². The Bertz CT molecular complexity index is 540. The van der Waals surface area contributed by atoms with E-state index in [9.17, 15) is 4.79 Å². The third kappa shape index (κ3) is 3.70. The first kappa shape index (κ1) is 14.8. The summed E-state index contributed by atoms with van der Waals surface area (Å²) in [5.41, 5.74) is 3.48. The van der Waals surface area contributed by atoms with Gasteiger partial charge in [-0.05, 0) is 43.7 Å². The first-order chi connectivity index (χ1) is 9.58. The van der Waals surface area contributed by atoms with E-state index < -0.39 is 0 Å². The lowest BCUT2D eigenvalue weighted by atomic mass is 10.1. The maximum absolute atomic E-state index is 12.1. The number of aryl methyl sites for hydroxylation is 2. The lowest BCUT2D eigenvalue weighted by Gasteiger charge is -2.16. The van der Waals surface area contributed by atoms with Gasteiger partial charge < -0.3 is 4.90 Å². The minimum absolute atomic E-state index is 0.188. The molecule has 4 nitrogen and oxygen atoms in total. The summed E-state index contributed by atoms with van der Waals surface area (Å²) in [6.45, 7) is 4.85. The summed E-state index contributed by atoms with van der Waals surface area (Å²) in [5.74, 6) is 0.188. The third-order valence-electron chi connectivity index (χ3n) is 3.53. The van der Waals surface area contributed by atoms with E-state index in [1.807, 2.05) is 43.3 Å². The van der Waals surface area contributed by atoms with Gasteiger partial charge in [0.05, 0.1) is 12.1 Å². The number of rotatable bonds is 6. The minimum atomic E-state index is 0.188. The summed E-state index contributed by atoms with van der Waals surface area (Å²) in [6.07, 6.45) is 2.44. The quantitative estimate of drug-likeness (QED) is 0.889. The van der Waals surface area contributed by atoms with Crippen molar-refractivity contribution in [3.8, 4) is 0 Å². The summed E-state index contributed by atoms with van der Waals surface area (Å²) in [4.78, 5) is 15.0. The number of thiophene rings is 1. The monoisotopic (exact) mass is 291 g/mol. The van der Waals surface area contributed by atoms with Crippen LogP contribution in [-0.4, -0.2) is 34.6 Å². The summed E-state index contributed by atoms with van der Waals surface area (Å²) in [6, 6.07) is 3.99. The van der Waals surface area contributed by atoms with Crippen molar-refractivity contribution in [3.63, 3.8) is 0 Å². The molecule has 0 fully saturated rings. The van der Waals surface area contributed by atoms with Gasteiger partial charge in [0.25, 0.3) is 0 Å². The Morgan fingerprint density at radius 2 is 2.25 bits per heavy atom. The summed E-state index contributed by atoms with van der Waals surface area (Å²) in [7, 11) is 1.88. The highest BCUT2D eigenvalue weighted by molar-refractivity contribution is 7.10. The van der Waals surface area contributed by atoms with Gasteiger partial charge in [-0.25, -0.2) is 0 Å². The zero-order chi connectivity index (χ0) is 14.5. The van der Waals surface area contributed by atoms with Crippen molar-refractivity contribution in [2.24, 2.45) is 0 Å². The fourth-order valence-electron chi connectivity index (χ4n) is 2.26. The molecule has 0 spiro atoms. The molecular formula is C15H21N3OS. The maximum Gasteiger partial charge on any atom is 0.227 e. The van der Waals surface area contributed by atoms with Crippen LogP contribution in [0.4, 0.5) is 0 Å². The van der Waals surface area contributed by atoms with Gasteiger partial charge >= 0.3 is 0 Å². The SMILES string of the molecule is Cc1n[nH]c(C)c1CCCN(C)C(=O)Cc1cccs1. The van der Waals surface area contributed by atoms with Crippen LogP contribution in [0.3, 0.4) is 0 Å². The molecule has 20 heavy (non-hydrogen) atoms. The molecule has 2 aromatic heterocycles. The lowest BCUT2D eigenvalue weighted by molar-refractivity contribution is -0.129. The van der Waals surface area contributed by atoms with Gasteiger partial charge in [-0.3, -0.25) is 9.89 Å². The second-order valence-corrected chi connectivity index (χ2v) is 6.12. The van der Waals surface area contributed by atoms with Crippen LogP contribution < -0.4 is 0 Å². The van der Waals surface area contributed by atoms with E-state index in [1.54, 1.807) is 11.3 Å². The van der Waals surface area contributed by atoms with Crippen molar-refractivity contribution in [2.75, 3.05) is 13.6 Å². The number of likely N-dealkylation sites (N-methyl/N-ethyl adjacent to an activating group) is 1. The molecule has 0 unspecified atom stereocenters. The predicted octanol–water partition coefficient (Wildman–Crippen LogP) is 2.72. The van der Waals surface area contributed by atoms with Crippen LogP contribution in [0.25, 0.3) is 0 Å². The maximum atomic E-state index is 12.1. The number of hydrogen-bond acceptors (Lipinski definition) is 3. The van der Waals surface area contributed by atoms with Gasteiger partial charge in [-0.2, -0.15) is 5.10 Å². The number of H-pyrrole nitrogens is 1. The summed E-state index contributed by atoms with van der Waals surface area (Å²) in [5, 5.41) is 9.20. The van der Waals surface area contributed by atoms with Crippen molar-refractivity contribution in [1.82, 2.24) is 15.1 Å². The number of aromatic nitrogens is 2. The van der Waals surface area contributed by atoms with Crippen LogP contribution in [0, 0.1) is 13.8 Å². The Morgan fingerprint density at radius 1 is 1.45 bits per heavy atom. The number of aromatic amines is 1. The number of carbonyl (C=O) groups is 1. The van der Waals surface area contributed by atoms with E-state index in [0.29, 0.717) is 6.42 Å². The molecule has 1 N–H and O–H groups in total. The third-order valence-corrected chi connectivity index (χ3v) is 4.41. The van der Waals surface area contributed by atoms with Gasteiger partial charge in [0.15, 0.2) is 0 Å². The second kappa shape index (κ2) is 6.70. The molecule has 0 atom stereocenters. The number of nitrogens with one attached hydrogen (secondary N) is 1. The van der Waals surface area contributed by atoms with E-state index in [0.717, 1.165) is 35.7 Å². The molecule has 108 valence electrons. The first-order valence-electron chi connectivity index (χ1n) is 6.84. The minimum Gasteiger partial charge on any atom is -0.345 e. The standard InChI is InChI=1S/C15H21N3OS/c1-11-14(12(2)17-16-11)7-4-8-18(3)15(19)10-13-6-5-9-20-13/h5-6,9H,4,7-8,10H2,1-3H3,(H,16,17). The van der Waals surface area contributed by atoms with E-state index >= 15 is 0 Å². The largest absolute Gasteiger partial charge is 0.345 e. The van der Waals surface area contributed by atoms with Crippen LogP contribution in [0.2, 0.25) is 0 Å². The van der Waals surface area contributed by atoms with Crippen LogP contribution in [-0.2, 0) is 17.6 Å². The van der Waals surface area contributed by atoms with E-state index in [1.165, 1.54) is 5.56 Å². The Kier molecular flexibility index (Phi) is 4.95. The Hall–Kier alpha value is -1.62. The molecule has 0 aromatic carbocycles. The molecular weight excluding hydrogens is 270 g/mol. The molecule has 0 aliphatic heterocycles. The average Bonchev–Trinajstić information content (AvgIpc) is 3.02. The molecule has 5 heteroatoms. The van der Waals surface area contributed by atoms with Gasteiger partial charge in [-0.1, -0.05) is 6.07 Å². The normalized spacial score (nSPS) is 10.8. The van der Waals surface area contributed by atoms with Gasteiger partial charge in [-0.15, -0.1) is 11.3 Å². The highest BCUT2D eigenvalue weighted by Gasteiger charge is 2.11. The Morgan fingerprint density at radius 3 is 2.85 bits per heavy atom. The number of amides is 1. The van der Waals surface area contributed by atoms with Gasteiger partial charge in [0.2, 0.25) is 5.91 Å². The van der Waals surface area contributed by atoms with Crippen molar-refractivity contribution >= 4 is 17.2 Å². The predicted molar refractivity (Wildman–Crippen MR) is 82.0 cm³/mol. The van der Waals surface area contributed by atoms with Crippen LogP contribution in [0.1, 0.15) is 28.2 Å². The van der Waals surface area contributed by atoms with E-state index in [2.05, 4.69) is 10.2 Å². The highest BCUT2D eigenvalue weighted by Crippen LogP contribution is 2.13. The molecule has 0 saturated carbocycles. The lowest BCUT2D eigenvalue weighted by Crippen LogP contribution is -2.29. The average molecular weight is 291 g/mol. The van der Waals surface area contributed by atoms with Crippen molar-refractivity contribution in [2.45, 2.75) is 33.1 Å².